The molecule has 0 heterocycles. The second kappa shape index (κ2) is 7.16. The van der Waals surface area contributed by atoms with Crippen LogP contribution in [-0.2, 0) is 0 Å². The average molecular weight is 331 g/mol. The molecule has 0 unspecified atom stereocenters. The minimum absolute atomic E-state index is 0.906. The number of benzene rings is 2. The van der Waals surface area contributed by atoms with Gasteiger partial charge in [-0.2, -0.15) is 0 Å². The summed E-state index contributed by atoms with van der Waals surface area (Å²) in [5.41, 5.74) is 0. The maximum absolute atomic E-state index is 6.34. The Morgan fingerprint density at radius 3 is 1.41 bits per heavy atom. The van der Waals surface area contributed by atoms with E-state index in [9.17, 15) is 0 Å². The van der Waals surface area contributed by atoms with Crippen molar-refractivity contribution in [2.45, 2.75) is 38.3 Å². The van der Waals surface area contributed by atoms with Crippen molar-refractivity contribution < 1.29 is 8.85 Å². The number of rotatable bonds is 7. The highest BCUT2D eigenvalue weighted by Crippen LogP contribution is 2.26. The van der Waals surface area contributed by atoms with Gasteiger partial charge in [0.1, 0.15) is 11.5 Å². The van der Waals surface area contributed by atoms with Crippen molar-refractivity contribution in [1.82, 2.24) is 0 Å². The third-order valence-electron chi connectivity index (χ3n) is 3.48. The van der Waals surface area contributed by atoms with Gasteiger partial charge < -0.3 is 8.85 Å². The molecule has 0 N–H and O–H groups in total. The number of para-hydroxylation sites is 2. The van der Waals surface area contributed by atoms with E-state index in [0.717, 1.165) is 17.5 Å². The molecule has 0 spiro atoms. The molecule has 118 valence electrons. The molecule has 0 fully saturated rings. The van der Waals surface area contributed by atoms with E-state index in [1.807, 2.05) is 60.7 Å². The van der Waals surface area contributed by atoms with Crippen molar-refractivity contribution in [1.29, 1.82) is 0 Å². The molecule has 2 nitrogen and oxygen atoms in total. The van der Waals surface area contributed by atoms with Gasteiger partial charge in [0.15, 0.2) is 0 Å². The van der Waals surface area contributed by atoms with Gasteiger partial charge in [0, 0.05) is 20.7 Å². The number of hydrogen-bond donors (Lipinski definition) is 0. The van der Waals surface area contributed by atoms with Gasteiger partial charge in [-0.3, -0.25) is 0 Å². The lowest BCUT2D eigenvalue weighted by molar-refractivity contribution is 0.390. The maximum Gasteiger partial charge on any atom is 0.456 e. The smallest absolute Gasteiger partial charge is 0.456 e. The Morgan fingerprint density at radius 2 is 1.05 bits per heavy atom. The van der Waals surface area contributed by atoms with Crippen LogP contribution in [0.15, 0.2) is 60.7 Å². The Labute approximate surface area is 136 Å². The zero-order chi connectivity index (χ0) is 16.1. The van der Waals surface area contributed by atoms with Crippen LogP contribution in [0.5, 0.6) is 11.5 Å². The molecule has 0 saturated carbocycles. The minimum atomic E-state index is -2.31. The fourth-order valence-electron chi connectivity index (χ4n) is 2.20. The molecule has 0 atom stereocenters. The first kappa shape index (κ1) is 16.8. The van der Waals surface area contributed by atoms with E-state index in [-0.39, 0.29) is 0 Å². The Balaban J connectivity index is 2.15. The molecule has 4 heteroatoms. The molecule has 2 rings (SSSR count). The van der Waals surface area contributed by atoms with Crippen LogP contribution < -0.4 is 8.85 Å². The van der Waals surface area contributed by atoms with Gasteiger partial charge in [0.05, 0.1) is 0 Å². The molecule has 2 aromatic rings. The van der Waals surface area contributed by atoms with Crippen molar-refractivity contribution in [3.63, 3.8) is 0 Å². The third-order valence-corrected chi connectivity index (χ3v) is 8.23. The first-order valence-corrected chi connectivity index (χ1v) is 14.1. The van der Waals surface area contributed by atoms with Crippen LogP contribution >= 0.6 is 0 Å². The summed E-state index contributed by atoms with van der Waals surface area (Å²) >= 11 is 0. The van der Waals surface area contributed by atoms with Crippen molar-refractivity contribution in [2.24, 2.45) is 0 Å². The highest BCUT2D eigenvalue weighted by molar-refractivity contribution is 6.78. The lowest BCUT2D eigenvalue weighted by Crippen LogP contribution is -2.46. The molecule has 0 bridgehead atoms. The van der Waals surface area contributed by atoms with E-state index in [1.54, 1.807) is 0 Å². The SMILES string of the molecule is C[Si](C)(C)CC[Si](C)(Oc1ccccc1)Oc1ccccc1. The van der Waals surface area contributed by atoms with Gasteiger partial charge >= 0.3 is 8.56 Å². The van der Waals surface area contributed by atoms with E-state index in [0.29, 0.717) is 0 Å². The van der Waals surface area contributed by atoms with Gasteiger partial charge in [0.25, 0.3) is 0 Å². The first-order valence-electron chi connectivity index (χ1n) is 7.84. The van der Waals surface area contributed by atoms with Crippen LogP contribution in [-0.4, -0.2) is 16.6 Å². The lowest BCUT2D eigenvalue weighted by Gasteiger charge is -2.30. The topological polar surface area (TPSA) is 18.5 Å². The summed E-state index contributed by atoms with van der Waals surface area (Å²) in [5, 5.41) is 0. The fraction of sp³-hybridized carbons (Fsp3) is 0.333. The van der Waals surface area contributed by atoms with Gasteiger partial charge in [0.2, 0.25) is 0 Å². The molecule has 0 radical (unpaired) electrons. The van der Waals surface area contributed by atoms with Crippen LogP contribution in [0.2, 0.25) is 38.3 Å². The molecule has 0 amide bonds. The monoisotopic (exact) mass is 330 g/mol. The highest BCUT2D eigenvalue weighted by Gasteiger charge is 2.37. The lowest BCUT2D eigenvalue weighted by atomic mass is 10.3. The summed E-state index contributed by atoms with van der Waals surface area (Å²) in [6, 6.07) is 22.3. The molecule has 0 aromatic heterocycles. The Morgan fingerprint density at radius 1 is 0.636 bits per heavy atom. The van der Waals surface area contributed by atoms with Crippen molar-refractivity contribution in [2.75, 3.05) is 0 Å². The van der Waals surface area contributed by atoms with E-state index in [4.69, 9.17) is 8.85 Å². The average Bonchev–Trinajstić information content (AvgIpc) is 2.47. The van der Waals surface area contributed by atoms with Crippen LogP contribution in [0.25, 0.3) is 0 Å². The zero-order valence-electron chi connectivity index (χ0n) is 14.0. The van der Waals surface area contributed by atoms with Gasteiger partial charge in [-0.15, -0.1) is 0 Å². The van der Waals surface area contributed by atoms with Crippen LogP contribution in [0.4, 0.5) is 0 Å². The Bertz CT molecular complexity index is 523. The standard InChI is InChI=1S/C18H26O2Si2/c1-21(2,3)15-16-22(4,19-17-11-7-5-8-12-17)20-18-13-9-6-10-14-18/h5-14H,15-16H2,1-4H3. The molecule has 0 saturated heterocycles. The second-order valence-corrected chi connectivity index (χ2v) is 15.8. The van der Waals surface area contributed by atoms with E-state index < -0.39 is 16.6 Å². The summed E-state index contributed by atoms with van der Waals surface area (Å²) in [7, 11) is -3.43. The summed E-state index contributed by atoms with van der Waals surface area (Å²) in [6.45, 7) is 9.36. The fourth-order valence-corrected chi connectivity index (χ4v) is 8.53. The molecule has 0 aliphatic rings. The molecule has 2 aromatic carbocycles. The second-order valence-electron chi connectivity index (χ2n) is 7.02. The number of hydrogen-bond acceptors (Lipinski definition) is 2. The predicted octanol–water partition coefficient (Wildman–Crippen LogP) is 5.55. The third kappa shape index (κ3) is 5.69. The van der Waals surface area contributed by atoms with Crippen molar-refractivity contribution in [3.8, 4) is 11.5 Å². The summed E-state index contributed by atoms with van der Waals surface area (Å²) < 4.78 is 12.7. The maximum atomic E-state index is 6.34. The van der Waals surface area contributed by atoms with Crippen LogP contribution in [0.3, 0.4) is 0 Å². The predicted molar refractivity (Wildman–Crippen MR) is 98.7 cm³/mol. The van der Waals surface area contributed by atoms with Gasteiger partial charge in [-0.05, 0) is 24.3 Å². The highest BCUT2D eigenvalue weighted by atomic mass is 28.4. The largest absolute Gasteiger partial charge is 0.512 e. The summed E-state index contributed by atoms with van der Waals surface area (Å²) in [5.74, 6) is 1.81. The van der Waals surface area contributed by atoms with Crippen molar-refractivity contribution in [3.05, 3.63) is 60.7 Å². The van der Waals surface area contributed by atoms with Crippen molar-refractivity contribution >= 4 is 16.6 Å². The van der Waals surface area contributed by atoms with E-state index >= 15 is 0 Å². The minimum Gasteiger partial charge on any atom is -0.512 e. The molecular formula is C18H26O2Si2. The molecule has 22 heavy (non-hydrogen) atoms. The molecule has 0 aliphatic heterocycles. The molecule has 0 aliphatic carbocycles. The Kier molecular flexibility index (Phi) is 5.48. The quantitative estimate of drug-likeness (QED) is 0.619. The molecular weight excluding hydrogens is 304 g/mol. The van der Waals surface area contributed by atoms with Gasteiger partial charge in [-0.25, -0.2) is 0 Å². The van der Waals surface area contributed by atoms with E-state index in [2.05, 4.69) is 26.2 Å². The normalized spacial score (nSPS) is 12.0. The van der Waals surface area contributed by atoms with Crippen LogP contribution in [0.1, 0.15) is 0 Å². The zero-order valence-corrected chi connectivity index (χ0v) is 16.0. The van der Waals surface area contributed by atoms with E-state index in [1.165, 1.54) is 6.04 Å². The Hall–Kier alpha value is -1.53. The van der Waals surface area contributed by atoms with Crippen LogP contribution in [0, 0.1) is 0 Å². The van der Waals surface area contributed by atoms with Gasteiger partial charge in [-0.1, -0.05) is 62.1 Å². The summed E-state index contributed by atoms with van der Waals surface area (Å²) in [4.78, 5) is 0. The first-order chi connectivity index (χ1) is 10.4. The summed E-state index contributed by atoms with van der Waals surface area (Å²) in [6.07, 6.45) is 0.